The van der Waals surface area contributed by atoms with E-state index in [0.717, 1.165) is 16.9 Å². The number of carbonyl (C=O) groups excluding carboxylic acids is 2. The molecule has 6 heteroatoms. The molecule has 0 radical (unpaired) electrons. The molecule has 0 bridgehead atoms. The number of benzene rings is 2. The lowest BCUT2D eigenvalue weighted by molar-refractivity contribution is -0.126. The molecule has 0 aromatic heterocycles. The molecule has 0 aliphatic carbocycles. The molecule has 0 saturated heterocycles. The fraction of sp³-hybridized carbons (Fsp3) is 0.238. The fourth-order valence-electron chi connectivity index (χ4n) is 2.93. The molecule has 0 fully saturated rings. The van der Waals surface area contributed by atoms with Gasteiger partial charge in [-0.2, -0.15) is 0 Å². The SMILES string of the molecule is Cc1ccc(Oc2ccc(CN(C)C(=O)C3=C(O)C(=O)NC3)cc2)c(C)c1. The van der Waals surface area contributed by atoms with Gasteiger partial charge in [-0.05, 0) is 43.2 Å². The van der Waals surface area contributed by atoms with Gasteiger partial charge in [-0.15, -0.1) is 0 Å². The van der Waals surface area contributed by atoms with E-state index in [1.807, 2.05) is 50.2 Å². The lowest BCUT2D eigenvalue weighted by Gasteiger charge is -2.18. The molecule has 3 rings (SSSR count). The summed E-state index contributed by atoms with van der Waals surface area (Å²) in [6.07, 6.45) is 0. The summed E-state index contributed by atoms with van der Waals surface area (Å²) in [4.78, 5) is 25.1. The van der Waals surface area contributed by atoms with Crippen LogP contribution in [0.25, 0.3) is 0 Å². The van der Waals surface area contributed by atoms with Crippen LogP contribution >= 0.6 is 0 Å². The van der Waals surface area contributed by atoms with E-state index < -0.39 is 11.7 Å². The topological polar surface area (TPSA) is 78.9 Å². The first kappa shape index (κ1) is 18.5. The van der Waals surface area contributed by atoms with Crippen molar-refractivity contribution < 1.29 is 19.4 Å². The molecule has 1 aliphatic heterocycles. The molecule has 1 heterocycles. The van der Waals surface area contributed by atoms with Gasteiger partial charge in [0.1, 0.15) is 11.5 Å². The Kier molecular flexibility index (Phi) is 5.16. The summed E-state index contributed by atoms with van der Waals surface area (Å²) in [7, 11) is 1.63. The monoisotopic (exact) mass is 366 g/mol. The van der Waals surface area contributed by atoms with Crippen LogP contribution in [-0.2, 0) is 16.1 Å². The number of carbonyl (C=O) groups is 2. The summed E-state index contributed by atoms with van der Waals surface area (Å²) in [6, 6.07) is 13.5. The third-order valence-corrected chi connectivity index (χ3v) is 4.43. The van der Waals surface area contributed by atoms with Gasteiger partial charge in [0.05, 0.1) is 12.1 Å². The Balaban J connectivity index is 1.65. The standard InChI is InChI=1S/C21H22N2O4/c1-13-4-9-18(14(2)10-13)27-16-7-5-15(6-8-16)12-23(3)21(26)17-11-22-20(25)19(17)24/h4-10,24H,11-12H2,1-3H3,(H,22,25). The quantitative estimate of drug-likeness (QED) is 0.853. The van der Waals surface area contributed by atoms with E-state index in [-0.39, 0.29) is 18.0 Å². The average molecular weight is 366 g/mol. The van der Waals surface area contributed by atoms with Crippen molar-refractivity contribution in [3.63, 3.8) is 0 Å². The van der Waals surface area contributed by atoms with Crippen molar-refractivity contribution in [2.24, 2.45) is 0 Å². The zero-order valence-electron chi connectivity index (χ0n) is 15.6. The van der Waals surface area contributed by atoms with Gasteiger partial charge in [0.2, 0.25) is 0 Å². The molecule has 140 valence electrons. The maximum absolute atomic E-state index is 12.4. The summed E-state index contributed by atoms with van der Waals surface area (Å²) in [5.74, 6) is 0.0391. The van der Waals surface area contributed by atoms with E-state index in [1.54, 1.807) is 7.05 Å². The molecule has 2 aromatic rings. The summed E-state index contributed by atoms with van der Waals surface area (Å²) in [5, 5.41) is 12.1. The number of likely N-dealkylation sites (N-methyl/N-ethyl adjacent to an activating group) is 1. The first-order valence-corrected chi connectivity index (χ1v) is 8.65. The van der Waals surface area contributed by atoms with E-state index in [4.69, 9.17) is 4.74 Å². The number of hydrogen-bond acceptors (Lipinski definition) is 4. The van der Waals surface area contributed by atoms with Crippen molar-refractivity contribution in [3.05, 3.63) is 70.5 Å². The van der Waals surface area contributed by atoms with Crippen LogP contribution in [-0.4, -0.2) is 35.4 Å². The molecule has 0 spiro atoms. The third-order valence-electron chi connectivity index (χ3n) is 4.43. The first-order chi connectivity index (χ1) is 12.8. The van der Waals surface area contributed by atoms with Gasteiger partial charge in [-0.3, -0.25) is 9.59 Å². The molecule has 2 amide bonds. The highest BCUT2D eigenvalue weighted by molar-refractivity contribution is 6.06. The highest BCUT2D eigenvalue weighted by atomic mass is 16.5. The number of aryl methyl sites for hydroxylation is 2. The normalized spacial score (nSPS) is 13.5. The predicted octanol–water partition coefficient (Wildman–Crippen LogP) is 3.00. The molecule has 0 unspecified atom stereocenters. The number of ether oxygens (including phenoxy) is 1. The van der Waals surface area contributed by atoms with Crippen LogP contribution in [0.15, 0.2) is 53.8 Å². The van der Waals surface area contributed by atoms with Gasteiger partial charge < -0.3 is 20.1 Å². The van der Waals surface area contributed by atoms with Crippen molar-refractivity contribution in [2.75, 3.05) is 13.6 Å². The van der Waals surface area contributed by atoms with Crippen molar-refractivity contribution in [1.29, 1.82) is 0 Å². The van der Waals surface area contributed by atoms with Crippen molar-refractivity contribution >= 4 is 11.8 Å². The van der Waals surface area contributed by atoms with Gasteiger partial charge >= 0.3 is 0 Å². The minimum atomic E-state index is -0.611. The Morgan fingerprint density at radius 2 is 1.89 bits per heavy atom. The fourth-order valence-corrected chi connectivity index (χ4v) is 2.93. The van der Waals surface area contributed by atoms with Crippen LogP contribution in [0.4, 0.5) is 0 Å². The van der Waals surface area contributed by atoms with E-state index in [2.05, 4.69) is 11.4 Å². The average Bonchev–Trinajstić information content (AvgIpc) is 2.97. The molecular weight excluding hydrogens is 344 g/mol. The second-order valence-corrected chi connectivity index (χ2v) is 6.69. The van der Waals surface area contributed by atoms with Crippen LogP contribution in [0, 0.1) is 13.8 Å². The van der Waals surface area contributed by atoms with Crippen LogP contribution < -0.4 is 10.1 Å². The summed E-state index contributed by atoms with van der Waals surface area (Å²) < 4.78 is 5.91. The first-order valence-electron chi connectivity index (χ1n) is 8.65. The van der Waals surface area contributed by atoms with Gasteiger partial charge in [0.15, 0.2) is 5.76 Å². The lowest BCUT2D eigenvalue weighted by atomic mass is 10.1. The number of nitrogens with one attached hydrogen (secondary N) is 1. The number of aliphatic hydroxyl groups excluding tert-OH is 1. The minimum Gasteiger partial charge on any atom is -0.503 e. The summed E-state index contributed by atoms with van der Waals surface area (Å²) >= 11 is 0. The molecule has 2 aromatic carbocycles. The second-order valence-electron chi connectivity index (χ2n) is 6.69. The summed E-state index contributed by atoms with van der Waals surface area (Å²) in [5.41, 5.74) is 3.26. The highest BCUT2D eigenvalue weighted by Gasteiger charge is 2.28. The lowest BCUT2D eigenvalue weighted by Crippen LogP contribution is -2.29. The Hall–Kier alpha value is -3.28. The number of rotatable bonds is 5. The van der Waals surface area contributed by atoms with Crippen molar-refractivity contribution in [2.45, 2.75) is 20.4 Å². The molecule has 6 nitrogen and oxygen atoms in total. The van der Waals surface area contributed by atoms with Crippen LogP contribution in [0.2, 0.25) is 0 Å². The Labute approximate surface area is 158 Å². The number of nitrogens with zero attached hydrogens (tertiary/aromatic N) is 1. The number of aliphatic hydroxyl groups is 1. The van der Waals surface area contributed by atoms with Crippen molar-refractivity contribution in [1.82, 2.24) is 10.2 Å². The third kappa shape index (κ3) is 4.11. The number of hydrogen-bond donors (Lipinski definition) is 2. The highest BCUT2D eigenvalue weighted by Crippen LogP contribution is 2.26. The second kappa shape index (κ2) is 7.53. The molecule has 1 aliphatic rings. The van der Waals surface area contributed by atoms with Crippen LogP contribution in [0.5, 0.6) is 11.5 Å². The molecule has 0 atom stereocenters. The predicted molar refractivity (Wildman–Crippen MR) is 102 cm³/mol. The van der Waals surface area contributed by atoms with Crippen LogP contribution in [0.1, 0.15) is 16.7 Å². The van der Waals surface area contributed by atoms with E-state index >= 15 is 0 Å². The van der Waals surface area contributed by atoms with E-state index in [0.29, 0.717) is 12.3 Å². The minimum absolute atomic E-state index is 0.0521. The Bertz CT molecular complexity index is 916. The van der Waals surface area contributed by atoms with E-state index in [1.165, 1.54) is 10.5 Å². The maximum atomic E-state index is 12.4. The zero-order chi connectivity index (χ0) is 19.6. The molecule has 27 heavy (non-hydrogen) atoms. The van der Waals surface area contributed by atoms with Gasteiger partial charge in [-0.25, -0.2) is 0 Å². The van der Waals surface area contributed by atoms with E-state index in [9.17, 15) is 14.7 Å². The molecular formula is C21H22N2O4. The maximum Gasteiger partial charge on any atom is 0.286 e. The van der Waals surface area contributed by atoms with Gasteiger partial charge in [-0.1, -0.05) is 29.8 Å². The van der Waals surface area contributed by atoms with Crippen LogP contribution in [0.3, 0.4) is 0 Å². The smallest absolute Gasteiger partial charge is 0.286 e. The molecule has 2 N–H and O–H groups in total. The Morgan fingerprint density at radius 1 is 1.19 bits per heavy atom. The molecule has 0 saturated carbocycles. The largest absolute Gasteiger partial charge is 0.503 e. The number of amides is 2. The summed E-state index contributed by atoms with van der Waals surface area (Å²) in [6.45, 7) is 4.45. The Morgan fingerprint density at radius 3 is 2.48 bits per heavy atom. The van der Waals surface area contributed by atoms with Gasteiger partial charge in [0, 0.05) is 13.6 Å². The zero-order valence-corrected chi connectivity index (χ0v) is 15.6. The van der Waals surface area contributed by atoms with Crippen molar-refractivity contribution in [3.8, 4) is 11.5 Å². The van der Waals surface area contributed by atoms with Gasteiger partial charge in [0.25, 0.3) is 11.8 Å².